The fraction of sp³-hybridized carbons (Fsp3) is 0.611. The lowest BCUT2D eigenvalue weighted by Gasteiger charge is -2.33. The number of unbranched alkanes of at least 4 members (excludes halogenated alkanes) is 1. The highest BCUT2D eigenvalue weighted by molar-refractivity contribution is 5.82. The SMILES string of the molecule is CCCCC(c1ccccc1)N(CC)C(=O)[C@@H]1CC(O)CN1. The molecule has 1 aromatic rings. The summed E-state index contributed by atoms with van der Waals surface area (Å²) in [5.41, 5.74) is 1.20. The Morgan fingerprint density at radius 3 is 2.64 bits per heavy atom. The zero-order valence-corrected chi connectivity index (χ0v) is 13.7. The summed E-state index contributed by atoms with van der Waals surface area (Å²) in [4.78, 5) is 14.8. The number of carbonyl (C=O) groups excluding carboxylic acids is 1. The topological polar surface area (TPSA) is 52.6 Å². The van der Waals surface area contributed by atoms with Gasteiger partial charge in [0.1, 0.15) is 0 Å². The van der Waals surface area contributed by atoms with Crippen LogP contribution in [0.15, 0.2) is 30.3 Å². The van der Waals surface area contributed by atoms with Gasteiger partial charge < -0.3 is 15.3 Å². The third-order valence-electron chi connectivity index (χ3n) is 4.42. The van der Waals surface area contributed by atoms with Gasteiger partial charge in [-0.05, 0) is 25.3 Å². The fourth-order valence-corrected chi connectivity index (χ4v) is 3.21. The molecule has 1 aliphatic heterocycles. The average molecular weight is 304 g/mol. The molecule has 122 valence electrons. The molecule has 1 heterocycles. The van der Waals surface area contributed by atoms with E-state index in [0.29, 0.717) is 19.5 Å². The standard InChI is InChI=1S/C18H28N2O2/c1-3-5-11-17(14-9-7-6-8-10-14)20(4-2)18(22)16-12-15(21)13-19-16/h6-10,15-17,19,21H,3-5,11-13H2,1-2H3/t15?,16-,17?/m0/s1. The number of carbonyl (C=O) groups is 1. The quantitative estimate of drug-likeness (QED) is 0.814. The van der Waals surface area contributed by atoms with Crippen molar-refractivity contribution in [3.63, 3.8) is 0 Å². The van der Waals surface area contributed by atoms with Gasteiger partial charge in [-0.25, -0.2) is 0 Å². The summed E-state index contributed by atoms with van der Waals surface area (Å²) < 4.78 is 0. The molecular formula is C18H28N2O2. The minimum absolute atomic E-state index is 0.115. The number of aliphatic hydroxyl groups excluding tert-OH is 1. The van der Waals surface area contributed by atoms with Crippen molar-refractivity contribution in [3.8, 4) is 0 Å². The third kappa shape index (κ3) is 4.08. The number of likely N-dealkylation sites (N-methyl/N-ethyl adjacent to an activating group) is 1. The van der Waals surface area contributed by atoms with Gasteiger partial charge in [0.2, 0.25) is 5.91 Å². The predicted molar refractivity (Wildman–Crippen MR) is 88.5 cm³/mol. The number of hydrogen-bond donors (Lipinski definition) is 2. The lowest BCUT2D eigenvalue weighted by atomic mass is 9.98. The Morgan fingerprint density at radius 1 is 1.36 bits per heavy atom. The molecule has 2 unspecified atom stereocenters. The molecule has 0 bridgehead atoms. The smallest absolute Gasteiger partial charge is 0.240 e. The van der Waals surface area contributed by atoms with E-state index in [0.717, 1.165) is 19.3 Å². The third-order valence-corrected chi connectivity index (χ3v) is 4.42. The molecule has 0 aromatic heterocycles. The Balaban J connectivity index is 2.17. The first-order valence-electron chi connectivity index (χ1n) is 8.44. The highest BCUT2D eigenvalue weighted by atomic mass is 16.3. The van der Waals surface area contributed by atoms with Gasteiger partial charge in [0.25, 0.3) is 0 Å². The largest absolute Gasteiger partial charge is 0.392 e. The number of nitrogens with zero attached hydrogens (tertiary/aromatic N) is 1. The first-order valence-corrected chi connectivity index (χ1v) is 8.44. The van der Waals surface area contributed by atoms with Crippen LogP contribution < -0.4 is 5.32 Å². The van der Waals surface area contributed by atoms with Gasteiger partial charge in [-0.2, -0.15) is 0 Å². The van der Waals surface area contributed by atoms with Gasteiger partial charge in [0.15, 0.2) is 0 Å². The van der Waals surface area contributed by atoms with Crippen LogP contribution in [0.4, 0.5) is 0 Å². The molecule has 0 spiro atoms. The van der Waals surface area contributed by atoms with Gasteiger partial charge in [-0.1, -0.05) is 50.1 Å². The summed E-state index contributed by atoms with van der Waals surface area (Å²) in [6.45, 7) is 5.41. The maximum Gasteiger partial charge on any atom is 0.240 e. The van der Waals surface area contributed by atoms with E-state index in [2.05, 4.69) is 24.4 Å². The lowest BCUT2D eigenvalue weighted by molar-refractivity contribution is -0.135. The lowest BCUT2D eigenvalue weighted by Crippen LogP contribution is -2.45. The maximum absolute atomic E-state index is 12.9. The van der Waals surface area contributed by atoms with Gasteiger partial charge >= 0.3 is 0 Å². The highest BCUT2D eigenvalue weighted by Crippen LogP contribution is 2.27. The summed E-state index contributed by atoms with van der Waals surface area (Å²) in [6, 6.07) is 10.2. The van der Waals surface area contributed by atoms with Crippen LogP contribution in [0.3, 0.4) is 0 Å². The molecule has 3 atom stereocenters. The number of amides is 1. The van der Waals surface area contributed by atoms with E-state index in [1.807, 2.05) is 30.0 Å². The van der Waals surface area contributed by atoms with Crippen LogP contribution in [0, 0.1) is 0 Å². The number of aliphatic hydroxyl groups is 1. The Labute approximate surface area is 133 Å². The monoisotopic (exact) mass is 304 g/mol. The molecule has 0 aliphatic carbocycles. The van der Waals surface area contributed by atoms with Crippen molar-refractivity contribution in [2.45, 2.75) is 57.7 Å². The minimum Gasteiger partial charge on any atom is -0.392 e. The first-order chi connectivity index (χ1) is 10.7. The van der Waals surface area contributed by atoms with E-state index in [9.17, 15) is 9.90 Å². The molecule has 1 aliphatic rings. The summed E-state index contributed by atoms with van der Waals surface area (Å²) in [6.07, 6.45) is 3.32. The van der Waals surface area contributed by atoms with Crippen molar-refractivity contribution in [1.82, 2.24) is 10.2 Å². The van der Waals surface area contributed by atoms with E-state index in [1.165, 1.54) is 5.56 Å². The maximum atomic E-state index is 12.9. The molecule has 1 saturated heterocycles. The zero-order valence-electron chi connectivity index (χ0n) is 13.7. The zero-order chi connectivity index (χ0) is 15.9. The molecule has 0 saturated carbocycles. The Hall–Kier alpha value is -1.39. The van der Waals surface area contributed by atoms with Gasteiger partial charge in [-0.15, -0.1) is 0 Å². The summed E-state index contributed by atoms with van der Waals surface area (Å²) in [5.74, 6) is 0.115. The van der Waals surface area contributed by atoms with Crippen LogP contribution >= 0.6 is 0 Å². The summed E-state index contributed by atoms with van der Waals surface area (Å²) in [7, 11) is 0. The van der Waals surface area contributed by atoms with Crippen molar-refractivity contribution in [1.29, 1.82) is 0 Å². The second-order valence-corrected chi connectivity index (χ2v) is 6.04. The molecule has 4 heteroatoms. The van der Waals surface area contributed by atoms with Crippen LogP contribution in [0.25, 0.3) is 0 Å². The molecular weight excluding hydrogens is 276 g/mol. The Morgan fingerprint density at radius 2 is 2.09 bits per heavy atom. The molecule has 2 rings (SSSR count). The average Bonchev–Trinajstić information content (AvgIpc) is 2.98. The number of nitrogens with one attached hydrogen (secondary N) is 1. The van der Waals surface area contributed by atoms with Crippen molar-refractivity contribution >= 4 is 5.91 Å². The van der Waals surface area contributed by atoms with Crippen molar-refractivity contribution in [2.24, 2.45) is 0 Å². The van der Waals surface area contributed by atoms with Crippen LogP contribution in [0.1, 0.15) is 51.1 Å². The summed E-state index contributed by atoms with van der Waals surface area (Å²) in [5, 5.41) is 12.8. The van der Waals surface area contributed by atoms with Gasteiger partial charge in [-0.3, -0.25) is 4.79 Å². The molecule has 4 nitrogen and oxygen atoms in total. The second kappa shape index (κ2) is 8.30. The van der Waals surface area contributed by atoms with Crippen molar-refractivity contribution < 1.29 is 9.90 Å². The van der Waals surface area contributed by atoms with Crippen molar-refractivity contribution in [3.05, 3.63) is 35.9 Å². The van der Waals surface area contributed by atoms with Gasteiger partial charge in [0, 0.05) is 13.1 Å². The Kier molecular flexibility index (Phi) is 6.40. The molecule has 0 radical (unpaired) electrons. The van der Waals surface area contributed by atoms with E-state index >= 15 is 0 Å². The number of rotatable bonds is 7. The van der Waals surface area contributed by atoms with Gasteiger partial charge in [0.05, 0.1) is 18.2 Å². The van der Waals surface area contributed by atoms with Crippen LogP contribution in [-0.4, -0.2) is 41.1 Å². The molecule has 1 aromatic carbocycles. The Bertz CT molecular complexity index is 463. The van der Waals surface area contributed by atoms with E-state index in [1.54, 1.807) is 0 Å². The second-order valence-electron chi connectivity index (χ2n) is 6.04. The van der Waals surface area contributed by atoms with Crippen LogP contribution in [0.2, 0.25) is 0 Å². The fourth-order valence-electron chi connectivity index (χ4n) is 3.21. The first kappa shape index (κ1) is 17.0. The highest BCUT2D eigenvalue weighted by Gasteiger charge is 2.33. The van der Waals surface area contributed by atoms with Crippen molar-refractivity contribution in [2.75, 3.05) is 13.1 Å². The predicted octanol–water partition coefficient (Wildman–Crippen LogP) is 2.49. The molecule has 2 N–H and O–H groups in total. The van der Waals surface area contributed by atoms with Crippen LogP contribution in [-0.2, 0) is 4.79 Å². The molecule has 1 fully saturated rings. The van der Waals surface area contributed by atoms with E-state index in [4.69, 9.17) is 0 Å². The summed E-state index contributed by atoms with van der Waals surface area (Å²) >= 11 is 0. The molecule has 22 heavy (non-hydrogen) atoms. The number of β-amino-alcohol motifs (C(OH)–C–C–N with tert-alkyl or cyclic N) is 1. The normalized spacial score (nSPS) is 22.5. The van der Waals surface area contributed by atoms with E-state index < -0.39 is 6.10 Å². The van der Waals surface area contributed by atoms with Crippen LogP contribution in [0.5, 0.6) is 0 Å². The minimum atomic E-state index is -0.404. The number of benzene rings is 1. The number of hydrogen-bond acceptors (Lipinski definition) is 3. The van der Waals surface area contributed by atoms with E-state index in [-0.39, 0.29) is 18.0 Å². The molecule has 1 amide bonds.